The number of rotatable bonds is 2. The molecule has 0 nitrogen and oxygen atoms in total. The van der Waals surface area contributed by atoms with Crippen molar-refractivity contribution in [1.82, 2.24) is 0 Å². The van der Waals surface area contributed by atoms with Crippen molar-refractivity contribution < 1.29 is 0 Å². The van der Waals surface area contributed by atoms with Gasteiger partial charge in [0.15, 0.2) is 0 Å². The van der Waals surface area contributed by atoms with Gasteiger partial charge in [-0.25, -0.2) is 0 Å². The Balaban J connectivity index is 3.15. The fraction of sp³-hybridized carbons (Fsp3) is 1.00. The minimum atomic E-state index is -0.555. The lowest BCUT2D eigenvalue weighted by Gasteiger charge is -2.10. The third-order valence-electron chi connectivity index (χ3n) is 0.577. The molecule has 0 radical (unpaired) electrons. The van der Waals surface area contributed by atoms with Crippen molar-refractivity contribution in [2.24, 2.45) is 0 Å². The minimum Gasteiger partial charge on any atom is -0.200 e. The van der Waals surface area contributed by atoms with Crippen molar-refractivity contribution in [1.29, 1.82) is 0 Å². The molecule has 0 amide bonds. The summed E-state index contributed by atoms with van der Waals surface area (Å²) in [5.41, 5.74) is 0. The average Bonchev–Trinajstić information content (AvgIpc) is 1.30. The van der Waals surface area contributed by atoms with Crippen LogP contribution in [0.5, 0.6) is 0 Å². The Hall–Kier alpha value is 0.784. The Morgan fingerprint density at radius 2 is 1.71 bits per heavy atom. The first-order valence-electron chi connectivity index (χ1n) is 2.55. The largest absolute Gasteiger partial charge is 0.200 e. The van der Waals surface area contributed by atoms with E-state index in [-0.39, 0.29) is 0 Å². The molecule has 0 N–H and O–H groups in total. The van der Waals surface area contributed by atoms with E-state index in [9.17, 15) is 0 Å². The van der Waals surface area contributed by atoms with Crippen LogP contribution in [-0.4, -0.2) is 22.0 Å². The maximum absolute atomic E-state index is 2.45. The van der Waals surface area contributed by atoms with E-state index in [4.69, 9.17) is 0 Å². The molecule has 0 saturated heterocycles. The molecule has 0 spiro atoms. The fourth-order valence-corrected chi connectivity index (χ4v) is 11.7. The van der Waals surface area contributed by atoms with Gasteiger partial charge in [-0.05, 0) is 6.26 Å². The first kappa shape index (κ1) is 7.78. The highest BCUT2D eigenvalue weighted by Crippen LogP contribution is 2.03. The molecule has 0 atom stereocenters. The summed E-state index contributed by atoms with van der Waals surface area (Å²) in [5.74, 6) is 0. The van der Waals surface area contributed by atoms with E-state index in [1.165, 1.54) is 0 Å². The summed E-state index contributed by atoms with van der Waals surface area (Å²) in [4.78, 5) is 0. The van der Waals surface area contributed by atoms with E-state index in [0.29, 0.717) is 8.19 Å². The summed E-state index contributed by atoms with van der Waals surface area (Å²) in [6.45, 7) is 7.36. The van der Waals surface area contributed by atoms with Crippen molar-refractivity contribution in [2.75, 3.05) is 6.26 Å². The molecule has 0 aromatic heterocycles. The van der Waals surface area contributed by atoms with Crippen LogP contribution in [0.1, 0.15) is 0 Å². The van der Waals surface area contributed by atoms with Gasteiger partial charge in [-0.2, -0.15) is 11.2 Å². The second-order valence-electron chi connectivity index (χ2n) is 2.99. The first-order chi connectivity index (χ1) is 3.06. The molecule has 0 unspecified atom stereocenters. The summed E-state index contributed by atoms with van der Waals surface area (Å²) >= 11 is 2.11. The molecule has 0 heterocycles. The topological polar surface area (TPSA) is 0 Å². The van der Waals surface area contributed by atoms with Gasteiger partial charge in [-0.3, -0.25) is 0 Å². The molecule has 0 aliphatic carbocycles. The summed E-state index contributed by atoms with van der Waals surface area (Å²) in [7, 11) is -0.240. The van der Waals surface area contributed by atoms with Crippen LogP contribution in [-0.2, 0) is 0 Å². The highest BCUT2D eigenvalue weighted by molar-refractivity contribution is 8.27. The zero-order valence-electron chi connectivity index (χ0n) is 5.62. The normalized spacial score (nSPS) is 13.7. The molecule has 0 fully saturated rings. The van der Waals surface area contributed by atoms with Gasteiger partial charge in [-0.1, -0.05) is 19.6 Å². The zero-order valence-corrected chi connectivity index (χ0v) is 8.85. The van der Waals surface area contributed by atoms with Crippen molar-refractivity contribution >= 4 is 27.0 Å². The van der Waals surface area contributed by atoms with Crippen LogP contribution in [0, 0.1) is 0 Å². The summed E-state index contributed by atoms with van der Waals surface area (Å²) in [6, 6.07) is 0. The summed E-state index contributed by atoms with van der Waals surface area (Å²) in [6.07, 6.45) is 2.24. The summed E-state index contributed by atoms with van der Waals surface area (Å²) < 4.78 is 0. The van der Waals surface area contributed by atoms with Crippen LogP contribution in [0.15, 0.2) is 0 Å². The van der Waals surface area contributed by atoms with Crippen LogP contribution >= 0.6 is 11.2 Å². The van der Waals surface area contributed by atoms with Gasteiger partial charge in [0.05, 0.1) is 8.19 Å². The van der Waals surface area contributed by atoms with Gasteiger partial charge < -0.3 is 0 Å². The highest BCUT2D eigenvalue weighted by Gasteiger charge is 2.10. The standard InChI is InChI=1S/C4H14SSi2/c1-5-6-7(2,3)4/h6H2,1-4H3. The Bertz CT molecular complexity index is 48.1. The van der Waals surface area contributed by atoms with Gasteiger partial charge in [0, 0.05) is 7.59 Å². The lowest BCUT2D eigenvalue weighted by Crippen LogP contribution is -2.27. The lowest BCUT2D eigenvalue weighted by molar-refractivity contribution is 1.87. The molecule has 0 aliphatic rings. The molecule has 0 bridgehead atoms. The monoisotopic (exact) mass is 150 g/mol. The molecule has 0 aromatic rings. The second kappa shape index (κ2) is 2.94. The summed E-state index contributed by atoms with van der Waals surface area (Å²) in [5, 5.41) is 0. The van der Waals surface area contributed by atoms with Crippen LogP contribution in [0.2, 0.25) is 19.6 Å². The highest BCUT2D eigenvalue weighted by atomic mass is 32.4. The van der Waals surface area contributed by atoms with E-state index in [1.807, 2.05) is 0 Å². The van der Waals surface area contributed by atoms with E-state index in [0.717, 1.165) is 0 Å². The van der Waals surface area contributed by atoms with Gasteiger partial charge in [-0.15, -0.1) is 0 Å². The number of hydrogen-bond acceptors (Lipinski definition) is 1. The van der Waals surface area contributed by atoms with E-state index >= 15 is 0 Å². The molecule has 0 aliphatic heterocycles. The molecule has 3 heteroatoms. The van der Waals surface area contributed by atoms with E-state index in [2.05, 4.69) is 37.1 Å². The fourth-order valence-electron chi connectivity index (χ4n) is 0.433. The quantitative estimate of drug-likeness (QED) is 0.534. The van der Waals surface area contributed by atoms with Crippen molar-refractivity contribution in [3.8, 4) is 0 Å². The zero-order chi connectivity index (χ0) is 5.91. The van der Waals surface area contributed by atoms with Crippen LogP contribution < -0.4 is 0 Å². The Morgan fingerprint density at radius 3 is 1.71 bits per heavy atom. The Kier molecular flexibility index (Phi) is 3.27. The molecular weight excluding hydrogens is 136 g/mol. The predicted octanol–water partition coefficient (Wildman–Crippen LogP) is 1.27. The minimum absolute atomic E-state index is 0.316. The first-order valence-corrected chi connectivity index (χ1v) is 11.5. The van der Waals surface area contributed by atoms with Gasteiger partial charge >= 0.3 is 0 Å². The van der Waals surface area contributed by atoms with Crippen LogP contribution in [0.3, 0.4) is 0 Å². The molecule has 0 saturated carbocycles. The third-order valence-corrected chi connectivity index (χ3v) is 15.6. The van der Waals surface area contributed by atoms with E-state index < -0.39 is 7.59 Å². The Labute approximate surface area is 53.3 Å². The van der Waals surface area contributed by atoms with Crippen LogP contribution in [0.25, 0.3) is 0 Å². The lowest BCUT2D eigenvalue weighted by atomic mass is 11.8. The van der Waals surface area contributed by atoms with Gasteiger partial charge in [0.2, 0.25) is 0 Å². The molecule has 44 valence electrons. The van der Waals surface area contributed by atoms with Gasteiger partial charge in [0.1, 0.15) is 0 Å². The maximum Gasteiger partial charge on any atom is 0.0780 e. The number of hydrogen-bond donors (Lipinski definition) is 0. The molecule has 0 rings (SSSR count). The average molecular weight is 150 g/mol. The SMILES string of the molecule is CS[SiH2][Si](C)(C)C. The van der Waals surface area contributed by atoms with Crippen molar-refractivity contribution in [3.63, 3.8) is 0 Å². The van der Waals surface area contributed by atoms with Gasteiger partial charge in [0.25, 0.3) is 0 Å². The molecular formula is C4H14SSi2. The third kappa shape index (κ3) is 6.78. The van der Waals surface area contributed by atoms with Crippen LogP contribution in [0.4, 0.5) is 0 Å². The van der Waals surface area contributed by atoms with E-state index in [1.54, 1.807) is 0 Å². The van der Waals surface area contributed by atoms with Crippen molar-refractivity contribution in [3.05, 3.63) is 0 Å². The Morgan fingerprint density at radius 1 is 1.29 bits per heavy atom. The van der Waals surface area contributed by atoms with Crippen molar-refractivity contribution in [2.45, 2.75) is 19.6 Å². The molecule has 0 aromatic carbocycles. The second-order valence-corrected chi connectivity index (χ2v) is 20.5. The smallest absolute Gasteiger partial charge is 0.0780 e. The maximum atomic E-state index is 2.45. The predicted molar refractivity (Wildman–Crippen MR) is 45.4 cm³/mol. The molecule has 7 heavy (non-hydrogen) atoms.